The smallest absolute Gasteiger partial charge is 0.0584 e. The zero-order valence-electron chi connectivity index (χ0n) is 8.20. The van der Waals surface area contributed by atoms with E-state index in [9.17, 15) is 0 Å². The molecular weight excluding hydrogens is 244 g/mol. The van der Waals surface area contributed by atoms with E-state index in [1.165, 1.54) is 0 Å². The second-order valence-corrected chi connectivity index (χ2v) is 4.05. The lowest BCUT2D eigenvalue weighted by Gasteiger charge is -2.13. The molecule has 1 aromatic rings. The lowest BCUT2D eigenvalue weighted by Crippen LogP contribution is -2.31. The van der Waals surface area contributed by atoms with Crippen LogP contribution in [0.15, 0.2) is 22.8 Å². The Hall–Kier alpha value is -0.450. The molecule has 78 valence electrons. The fourth-order valence-electron chi connectivity index (χ4n) is 1.10. The zero-order valence-corrected chi connectivity index (χ0v) is 9.79. The van der Waals surface area contributed by atoms with Gasteiger partial charge in [0.05, 0.1) is 12.3 Å². The molecule has 0 aromatic carbocycles. The van der Waals surface area contributed by atoms with Gasteiger partial charge in [-0.2, -0.15) is 0 Å². The van der Waals surface area contributed by atoms with Crippen LogP contribution in [0, 0.1) is 0 Å². The molecule has 4 heteroatoms. The molecule has 0 fully saturated rings. The molecule has 0 amide bonds. The average Bonchev–Trinajstić information content (AvgIpc) is 2.22. The van der Waals surface area contributed by atoms with Gasteiger partial charge < -0.3 is 10.4 Å². The van der Waals surface area contributed by atoms with Crippen LogP contribution in [0.4, 0.5) is 0 Å². The first-order chi connectivity index (χ1) is 6.76. The summed E-state index contributed by atoms with van der Waals surface area (Å²) in [6.45, 7) is 2.92. The van der Waals surface area contributed by atoms with Crippen molar-refractivity contribution in [3.63, 3.8) is 0 Å². The molecule has 0 unspecified atom stereocenters. The summed E-state index contributed by atoms with van der Waals surface area (Å²) in [4.78, 5) is 4.23. The maximum absolute atomic E-state index is 8.96. The summed E-state index contributed by atoms with van der Waals surface area (Å²) in [5.41, 5.74) is 0.986. The lowest BCUT2D eigenvalue weighted by atomic mass is 10.2. The fraction of sp³-hybridized carbons (Fsp3) is 0.500. The maximum Gasteiger partial charge on any atom is 0.0584 e. The highest BCUT2D eigenvalue weighted by Crippen LogP contribution is 2.07. The molecule has 0 bridgehead atoms. The number of nitrogens with zero attached hydrogens (tertiary/aromatic N) is 1. The molecule has 0 aliphatic rings. The van der Waals surface area contributed by atoms with Crippen LogP contribution in [0.1, 0.15) is 19.0 Å². The summed E-state index contributed by atoms with van der Waals surface area (Å²) < 4.78 is 0.982. The Morgan fingerprint density at radius 1 is 1.57 bits per heavy atom. The number of rotatable bonds is 5. The highest BCUT2D eigenvalue weighted by molar-refractivity contribution is 9.10. The fourth-order valence-corrected chi connectivity index (χ4v) is 1.33. The summed E-state index contributed by atoms with van der Waals surface area (Å²) in [5, 5.41) is 12.2. The van der Waals surface area contributed by atoms with Gasteiger partial charge in [-0.3, -0.25) is 4.98 Å². The van der Waals surface area contributed by atoms with Crippen molar-refractivity contribution in [1.82, 2.24) is 10.3 Å². The minimum Gasteiger partial charge on any atom is -0.395 e. The first-order valence-corrected chi connectivity index (χ1v) is 5.50. The number of hydrogen-bond donors (Lipinski definition) is 2. The van der Waals surface area contributed by atoms with Crippen LogP contribution >= 0.6 is 15.9 Å². The van der Waals surface area contributed by atoms with E-state index < -0.39 is 0 Å². The summed E-state index contributed by atoms with van der Waals surface area (Å²) in [6.07, 6.45) is 2.70. The van der Waals surface area contributed by atoms with Gasteiger partial charge in [-0.15, -0.1) is 0 Å². The van der Waals surface area contributed by atoms with Crippen molar-refractivity contribution in [2.75, 3.05) is 6.61 Å². The van der Waals surface area contributed by atoms with Crippen LogP contribution in [0.3, 0.4) is 0 Å². The summed E-state index contributed by atoms with van der Waals surface area (Å²) >= 11 is 3.33. The number of aliphatic hydroxyl groups excluding tert-OH is 1. The van der Waals surface area contributed by atoms with Crippen LogP contribution in [-0.4, -0.2) is 22.7 Å². The second-order valence-electron chi connectivity index (χ2n) is 3.14. The van der Waals surface area contributed by atoms with Crippen molar-refractivity contribution in [1.29, 1.82) is 0 Å². The number of pyridine rings is 1. The third-order valence-corrected chi connectivity index (χ3v) is 2.54. The Kier molecular flexibility index (Phi) is 5.07. The van der Waals surface area contributed by atoms with Crippen LogP contribution in [-0.2, 0) is 6.54 Å². The van der Waals surface area contributed by atoms with E-state index in [0.29, 0.717) is 6.54 Å². The molecule has 0 radical (unpaired) electrons. The Bertz CT molecular complexity index is 259. The number of aromatic nitrogens is 1. The molecule has 1 atom stereocenters. The number of aliphatic hydroxyl groups is 1. The first kappa shape index (κ1) is 11.6. The van der Waals surface area contributed by atoms with E-state index in [-0.39, 0.29) is 12.6 Å². The third kappa shape index (κ3) is 3.74. The topological polar surface area (TPSA) is 45.1 Å². The summed E-state index contributed by atoms with van der Waals surface area (Å²) in [6, 6.07) is 4.09. The number of hydrogen-bond acceptors (Lipinski definition) is 3. The Morgan fingerprint density at radius 3 is 2.86 bits per heavy atom. The zero-order chi connectivity index (χ0) is 10.4. The highest BCUT2D eigenvalue weighted by atomic mass is 79.9. The Labute approximate surface area is 92.7 Å². The predicted octanol–water partition coefficient (Wildman–Crippen LogP) is 1.70. The monoisotopic (exact) mass is 258 g/mol. The van der Waals surface area contributed by atoms with E-state index in [1.807, 2.05) is 19.1 Å². The minimum atomic E-state index is 0.167. The number of halogens is 1. The standard InChI is InChI=1S/C10H15BrN2O/c1-2-9(7-14)13-6-10-4-3-8(11)5-12-10/h3-5,9,13-14H,2,6-7H2,1H3/t9-/m0/s1. The van der Waals surface area contributed by atoms with Crippen molar-refractivity contribution in [2.24, 2.45) is 0 Å². The second kappa shape index (κ2) is 6.11. The first-order valence-electron chi connectivity index (χ1n) is 4.71. The van der Waals surface area contributed by atoms with E-state index in [0.717, 1.165) is 16.6 Å². The Balaban J connectivity index is 2.41. The van der Waals surface area contributed by atoms with Crippen LogP contribution in [0.25, 0.3) is 0 Å². The van der Waals surface area contributed by atoms with Crippen molar-refractivity contribution >= 4 is 15.9 Å². The third-order valence-electron chi connectivity index (χ3n) is 2.07. The van der Waals surface area contributed by atoms with Gasteiger partial charge in [-0.1, -0.05) is 6.92 Å². The van der Waals surface area contributed by atoms with E-state index in [1.54, 1.807) is 6.20 Å². The molecule has 0 spiro atoms. The van der Waals surface area contributed by atoms with Crippen molar-refractivity contribution in [3.05, 3.63) is 28.5 Å². The molecule has 1 aromatic heterocycles. The molecule has 0 saturated carbocycles. The highest BCUT2D eigenvalue weighted by Gasteiger charge is 2.03. The van der Waals surface area contributed by atoms with Crippen LogP contribution in [0.5, 0.6) is 0 Å². The van der Waals surface area contributed by atoms with Crippen molar-refractivity contribution < 1.29 is 5.11 Å². The average molecular weight is 259 g/mol. The van der Waals surface area contributed by atoms with Gasteiger partial charge in [-0.25, -0.2) is 0 Å². The van der Waals surface area contributed by atoms with E-state index in [4.69, 9.17) is 5.11 Å². The molecule has 2 N–H and O–H groups in total. The molecule has 0 aliphatic heterocycles. The lowest BCUT2D eigenvalue weighted by molar-refractivity contribution is 0.238. The van der Waals surface area contributed by atoms with Gasteiger partial charge in [0.1, 0.15) is 0 Å². The van der Waals surface area contributed by atoms with Crippen molar-refractivity contribution in [2.45, 2.75) is 25.9 Å². The predicted molar refractivity (Wildman–Crippen MR) is 59.9 cm³/mol. The van der Waals surface area contributed by atoms with Gasteiger partial charge >= 0.3 is 0 Å². The maximum atomic E-state index is 8.96. The molecular formula is C10H15BrN2O. The van der Waals surface area contributed by atoms with Gasteiger partial charge in [-0.05, 0) is 34.5 Å². The van der Waals surface area contributed by atoms with E-state index >= 15 is 0 Å². The molecule has 1 heterocycles. The normalized spacial score (nSPS) is 12.8. The van der Waals surface area contributed by atoms with Gasteiger partial charge in [0.15, 0.2) is 0 Å². The number of nitrogens with one attached hydrogen (secondary N) is 1. The van der Waals surface area contributed by atoms with E-state index in [2.05, 4.69) is 26.2 Å². The quantitative estimate of drug-likeness (QED) is 0.846. The minimum absolute atomic E-state index is 0.167. The van der Waals surface area contributed by atoms with Gasteiger partial charge in [0.25, 0.3) is 0 Å². The molecule has 14 heavy (non-hydrogen) atoms. The Morgan fingerprint density at radius 2 is 2.36 bits per heavy atom. The summed E-state index contributed by atoms with van der Waals surface area (Å²) in [7, 11) is 0. The van der Waals surface area contributed by atoms with Crippen LogP contribution in [0.2, 0.25) is 0 Å². The van der Waals surface area contributed by atoms with Crippen molar-refractivity contribution in [3.8, 4) is 0 Å². The molecule has 1 rings (SSSR count). The van der Waals surface area contributed by atoms with Gasteiger partial charge in [0, 0.05) is 23.3 Å². The molecule has 3 nitrogen and oxygen atoms in total. The largest absolute Gasteiger partial charge is 0.395 e. The molecule has 0 aliphatic carbocycles. The summed E-state index contributed by atoms with van der Waals surface area (Å²) in [5.74, 6) is 0. The molecule has 0 saturated heterocycles. The SMILES string of the molecule is CC[C@@H](CO)NCc1ccc(Br)cn1. The van der Waals surface area contributed by atoms with Crippen LogP contribution < -0.4 is 5.32 Å². The van der Waals surface area contributed by atoms with Gasteiger partial charge in [0.2, 0.25) is 0 Å².